The number of hydrogen-bond donors (Lipinski definition) is 2. The molecule has 0 heterocycles. The third kappa shape index (κ3) is 6.59. The molecule has 76 valence electrons. The van der Waals surface area contributed by atoms with Crippen molar-refractivity contribution in [3.05, 3.63) is 0 Å². The monoisotopic (exact) mass is 184 g/mol. The normalized spacial score (nSPS) is 14.5. The Hall–Kier alpha value is -0.560. The summed E-state index contributed by atoms with van der Waals surface area (Å²) in [6.07, 6.45) is 1.81. The summed E-state index contributed by atoms with van der Waals surface area (Å²) in [6.45, 7) is 4.76. The minimum Gasteiger partial charge on any atom is -0.384 e. The summed E-state index contributed by atoms with van der Waals surface area (Å²) in [5.74, 6) is 11.8. The predicted octanol–water partition coefficient (Wildman–Crippen LogP) is 0.904. The zero-order valence-electron chi connectivity index (χ0n) is 8.76. The molecule has 0 aliphatic carbocycles. The summed E-state index contributed by atoms with van der Waals surface area (Å²) >= 11 is 0. The molecule has 0 aromatic carbocycles. The van der Waals surface area contributed by atoms with E-state index in [0.717, 1.165) is 19.4 Å². The molecule has 2 unspecified atom stereocenters. The van der Waals surface area contributed by atoms with E-state index in [9.17, 15) is 0 Å². The van der Waals surface area contributed by atoms with Gasteiger partial charge in [0.1, 0.15) is 0 Å². The number of nitrogens with two attached hydrogens (primary N) is 1. The lowest BCUT2D eigenvalue weighted by molar-refractivity contribution is 0.149. The summed E-state index contributed by atoms with van der Waals surface area (Å²) in [5.41, 5.74) is 2.77. The fourth-order valence-corrected chi connectivity index (χ4v) is 1.27. The fraction of sp³-hybridized carbons (Fsp3) is 0.800. The molecular weight excluding hydrogens is 164 g/mol. The van der Waals surface area contributed by atoms with E-state index >= 15 is 0 Å². The van der Waals surface area contributed by atoms with Crippen molar-refractivity contribution in [1.82, 2.24) is 5.43 Å². The van der Waals surface area contributed by atoms with Crippen LogP contribution in [0.4, 0.5) is 0 Å². The Morgan fingerprint density at radius 3 is 2.69 bits per heavy atom. The molecule has 0 rings (SSSR count). The molecule has 0 amide bonds. The van der Waals surface area contributed by atoms with Gasteiger partial charge in [0, 0.05) is 26.2 Å². The zero-order valence-corrected chi connectivity index (χ0v) is 8.76. The van der Waals surface area contributed by atoms with Crippen LogP contribution in [0.2, 0.25) is 0 Å². The van der Waals surface area contributed by atoms with E-state index in [4.69, 9.17) is 10.6 Å². The third-order valence-electron chi connectivity index (χ3n) is 1.90. The van der Waals surface area contributed by atoms with E-state index in [-0.39, 0.29) is 6.04 Å². The second kappa shape index (κ2) is 8.06. The van der Waals surface area contributed by atoms with Gasteiger partial charge in [-0.05, 0) is 19.3 Å². The molecule has 3 heteroatoms. The van der Waals surface area contributed by atoms with Crippen LogP contribution in [0, 0.1) is 17.8 Å². The molecule has 0 aliphatic rings. The van der Waals surface area contributed by atoms with Crippen molar-refractivity contribution in [2.24, 2.45) is 11.8 Å². The lowest BCUT2D eigenvalue weighted by Crippen LogP contribution is -2.36. The van der Waals surface area contributed by atoms with E-state index in [0.29, 0.717) is 5.92 Å². The second-order valence-corrected chi connectivity index (χ2v) is 3.29. The van der Waals surface area contributed by atoms with Crippen LogP contribution in [0.25, 0.3) is 0 Å². The Kier molecular flexibility index (Phi) is 7.71. The first-order valence-electron chi connectivity index (χ1n) is 4.59. The molecule has 0 aromatic heterocycles. The number of hydrazine groups is 1. The van der Waals surface area contributed by atoms with Crippen molar-refractivity contribution in [2.45, 2.75) is 32.7 Å². The van der Waals surface area contributed by atoms with Gasteiger partial charge in [-0.3, -0.25) is 11.3 Å². The minimum atomic E-state index is 0.276. The van der Waals surface area contributed by atoms with Crippen LogP contribution in [0.5, 0.6) is 0 Å². The van der Waals surface area contributed by atoms with Gasteiger partial charge < -0.3 is 4.74 Å². The summed E-state index contributed by atoms with van der Waals surface area (Å²) < 4.78 is 5.05. The first kappa shape index (κ1) is 12.4. The second-order valence-electron chi connectivity index (χ2n) is 3.29. The molecule has 3 nitrogen and oxygen atoms in total. The topological polar surface area (TPSA) is 47.3 Å². The lowest BCUT2D eigenvalue weighted by atomic mass is 10.0. The Bertz CT molecular complexity index is 171. The molecule has 0 aromatic rings. The van der Waals surface area contributed by atoms with Crippen LogP contribution in [0.3, 0.4) is 0 Å². The molecule has 0 bridgehead atoms. The molecule has 0 saturated carbocycles. The van der Waals surface area contributed by atoms with E-state index in [2.05, 4.69) is 24.2 Å². The molecular formula is C10H20N2O. The molecule has 0 saturated heterocycles. The van der Waals surface area contributed by atoms with E-state index in [1.54, 1.807) is 7.11 Å². The van der Waals surface area contributed by atoms with E-state index in [1.165, 1.54) is 0 Å². The van der Waals surface area contributed by atoms with Crippen LogP contribution in [-0.4, -0.2) is 19.8 Å². The minimum absolute atomic E-state index is 0.276. The molecule has 13 heavy (non-hydrogen) atoms. The SMILES string of the molecule is CC#CCC(CC(C)COC)NN. The van der Waals surface area contributed by atoms with Crippen molar-refractivity contribution >= 4 is 0 Å². The maximum Gasteiger partial charge on any atom is 0.0488 e. The van der Waals surface area contributed by atoms with Gasteiger partial charge in [0.05, 0.1) is 0 Å². The highest BCUT2D eigenvalue weighted by atomic mass is 16.5. The highest BCUT2D eigenvalue weighted by Gasteiger charge is 2.10. The predicted molar refractivity (Wildman–Crippen MR) is 54.8 cm³/mol. The molecule has 0 fully saturated rings. The summed E-state index contributed by atoms with van der Waals surface area (Å²) in [5, 5.41) is 0. The Morgan fingerprint density at radius 2 is 2.23 bits per heavy atom. The standard InChI is InChI=1S/C10H20N2O/c1-4-5-6-10(12-11)7-9(2)8-13-3/h9-10,12H,6-8,11H2,1-3H3. The smallest absolute Gasteiger partial charge is 0.0488 e. The summed E-state index contributed by atoms with van der Waals surface area (Å²) in [4.78, 5) is 0. The van der Waals surface area contributed by atoms with Crippen molar-refractivity contribution in [1.29, 1.82) is 0 Å². The fourth-order valence-electron chi connectivity index (χ4n) is 1.27. The molecule has 0 aliphatic heterocycles. The molecule has 3 N–H and O–H groups in total. The Labute approximate surface area is 81.0 Å². The largest absolute Gasteiger partial charge is 0.384 e. The van der Waals surface area contributed by atoms with Crippen molar-refractivity contribution in [3.63, 3.8) is 0 Å². The van der Waals surface area contributed by atoms with Crippen LogP contribution in [0.1, 0.15) is 26.7 Å². The van der Waals surface area contributed by atoms with E-state index < -0.39 is 0 Å². The van der Waals surface area contributed by atoms with Crippen molar-refractivity contribution < 1.29 is 4.74 Å². The van der Waals surface area contributed by atoms with E-state index in [1.807, 2.05) is 6.92 Å². The van der Waals surface area contributed by atoms with Gasteiger partial charge in [0.2, 0.25) is 0 Å². The molecule has 0 spiro atoms. The van der Waals surface area contributed by atoms with Crippen LogP contribution in [-0.2, 0) is 4.74 Å². The first-order chi connectivity index (χ1) is 6.24. The maximum absolute atomic E-state index is 5.40. The van der Waals surface area contributed by atoms with Crippen LogP contribution in [0.15, 0.2) is 0 Å². The maximum atomic E-state index is 5.40. The van der Waals surface area contributed by atoms with Gasteiger partial charge in [-0.25, -0.2) is 0 Å². The highest BCUT2D eigenvalue weighted by molar-refractivity contribution is 4.97. The molecule has 2 atom stereocenters. The molecule has 0 radical (unpaired) electrons. The number of hydrogen-bond acceptors (Lipinski definition) is 3. The van der Waals surface area contributed by atoms with Gasteiger partial charge >= 0.3 is 0 Å². The first-order valence-corrected chi connectivity index (χ1v) is 4.59. The van der Waals surface area contributed by atoms with Gasteiger partial charge in [0.15, 0.2) is 0 Å². The van der Waals surface area contributed by atoms with Crippen LogP contribution >= 0.6 is 0 Å². The highest BCUT2D eigenvalue weighted by Crippen LogP contribution is 2.07. The summed E-state index contributed by atoms with van der Waals surface area (Å²) in [6, 6.07) is 0.276. The van der Waals surface area contributed by atoms with Gasteiger partial charge in [-0.2, -0.15) is 0 Å². The quantitative estimate of drug-likeness (QED) is 0.366. The lowest BCUT2D eigenvalue weighted by Gasteiger charge is -2.17. The van der Waals surface area contributed by atoms with Crippen molar-refractivity contribution in [3.8, 4) is 11.8 Å². The number of nitrogens with one attached hydrogen (secondary N) is 1. The van der Waals surface area contributed by atoms with Gasteiger partial charge in [-0.1, -0.05) is 6.92 Å². The number of methoxy groups -OCH3 is 1. The Balaban J connectivity index is 3.73. The van der Waals surface area contributed by atoms with Crippen molar-refractivity contribution in [2.75, 3.05) is 13.7 Å². The van der Waals surface area contributed by atoms with Crippen LogP contribution < -0.4 is 11.3 Å². The van der Waals surface area contributed by atoms with Gasteiger partial charge in [-0.15, -0.1) is 11.8 Å². The average Bonchev–Trinajstić information content (AvgIpc) is 2.12. The number of rotatable bonds is 6. The zero-order chi connectivity index (χ0) is 10.1. The average molecular weight is 184 g/mol. The van der Waals surface area contributed by atoms with Gasteiger partial charge in [0.25, 0.3) is 0 Å². The third-order valence-corrected chi connectivity index (χ3v) is 1.90. The Morgan fingerprint density at radius 1 is 1.54 bits per heavy atom. The summed E-state index contributed by atoms with van der Waals surface area (Å²) in [7, 11) is 1.72. The number of ether oxygens (including phenoxy) is 1.